The van der Waals surface area contributed by atoms with Crippen molar-refractivity contribution in [2.45, 2.75) is 18.9 Å². The van der Waals surface area contributed by atoms with Crippen molar-refractivity contribution in [1.29, 1.82) is 0 Å². The molecule has 1 atom stereocenters. The van der Waals surface area contributed by atoms with Crippen LogP contribution < -0.4 is 0 Å². The van der Waals surface area contributed by atoms with Gasteiger partial charge in [0, 0.05) is 43.7 Å². The summed E-state index contributed by atoms with van der Waals surface area (Å²) in [4.78, 5) is 14.6. The summed E-state index contributed by atoms with van der Waals surface area (Å²) in [5.41, 5.74) is 3.63. The van der Waals surface area contributed by atoms with E-state index in [1.807, 2.05) is 37.6 Å². The van der Waals surface area contributed by atoms with Crippen LogP contribution in [-0.2, 0) is 23.0 Å². The second-order valence-corrected chi connectivity index (χ2v) is 7.19. The number of aryl methyl sites for hydroxylation is 1. The zero-order valence-corrected chi connectivity index (χ0v) is 15.6. The highest BCUT2D eigenvalue weighted by atomic mass is 16.5. The summed E-state index contributed by atoms with van der Waals surface area (Å²) in [5.74, 6) is 0.132. The maximum atomic E-state index is 12.4. The van der Waals surface area contributed by atoms with E-state index >= 15 is 0 Å². The summed E-state index contributed by atoms with van der Waals surface area (Å²) in [6, 6.07) is 7.97. The average molecular weight is 365 g/mol. The van der Waals surface area contributed by atoms with Gasteiger partial charge in [0.2, 0.25) is 0 Å². The Hall–Kier alpha value is -2.64. The van der Waals surface area contributed by atoms with Crippen molar-refractivity contribution in [2.75, 3.05) is 26.7 Å². The molecule has 1 aliphatic rings. The summed E-state index contributed by atoms with van der Waals surface area (Å²) < 4.78 is 7.46. The Morgan fingerprint density at radius 2 is 2.11 bits per heavy atom. The summed E-state index contributed by atoms with van der Waals surface area (Å²) in [7, 11) is 3.95. The van der Waals surface area contributed by atoms with Crippen molar-refractivity contribution >= 4 is 16.7 Å². The minimum atomic E-state index is -0.0261. The van der Waals surface area contributed by atoms with Gasteiger partial charge in [-0.3, -0.25) is 9.48 Å². The number of hydrogen-bond acceptors (Lipinski definition) is 6. The van der Waals surface area contributed by atoms with Crippen molar-refractivity contribution in [3.05, 3.63) is 42.4 Å². The van der Waals surface area contributed by atoms with Gasteiger partial charge in [0.15, 0.2) is 0 Å². The van der Waals surface area contributed by atoms with E-state index in [1.165, 1.54) is 0 Å². The molecule has 0 amide bonds. The van der Waals surface area contributed by atoms with E-state index in [-0.39, 0.29) is 18.3 Å². The van der Waals surface area contributed by atoms with Crippen LogP contribution in [0, 0.1) is 0 Å². The van der Waals surface area contributed by atoms with Crippen LogP contribution in [0.2, 0.25) is 0 Å². The van der Waals surface area contributed by atoms with Crippen LogP contribution in [0.3, 0.4) is 0 Å². The van der Waals surface area contributed by atoms with E-state index in [2.05, 4.69) is 33.3 Å². The summed E-state index contributed by atoms with van der Waals surface area (Å²) >= 11 is 0. The van der Waals surface area contributed by atoms with Gasteiger partial charge in [0.25, 0.3) is 0 Å². The van der Waals surface area contributed by atoms with Crippen molar-refractivity contribution in [3.8, 4) is 11.1 Å². The molecule has 4 rings (SSSR count). The highest BCUT2D eigenvalue weighted by Crippen LogP contribution is 2.23. The maximum absolute atomic E-state index is 12.4. The third kappa shape index (κ3) is 4.20. The molecule has 140 valence electrons. The van der Waals surface area contributed by atoms with Gasteiger partial charge in [-0.2, -0.15) is 15.3 Å². The summed E-state index contributed by atoms with van der Waals surface area (Å²) in [6.45, 7) is 2.39. The lowest BCUT2D eigenvalue weighted by Gasteiger charge is -2.29. The Labute approximate surface area is 157 Å². The first-order chi connectivity index (χ1) is 13.1. The molecule has 0 aliphatic carbocycles. The predicted molar refractivity (Wildman–Crippen MR) is 102 cm³/mol. The third-order valence-corrected chi connectivity index (χ3v) is 4.85. The molecule has 0 saturated carbocycles. The minimum Gasteiger partial charge on any atom is -0.375 e. The number of morpholine rings is 1. The number of benzene rings is 1. The highest BCUT2D eigenvalue weighted by Gasteiger charge is 2.21. The molecule has 1 aromatic carbocycles. The fourth-order valence-electron chi connectivity index (χ4n) is 3.44. The van der Waals surface area contributed by atoms with Gasteiger partial charge in [0.1, 0.15) is 5.78 Å². The number of carbonyl (C=O) groups is 1. The van der Waals surface area contributed by atoms with Crippen LogP contribution in [0.5, 0.6) is 0 Å². The van der Waals surface area contributed by atoms with Crippen LogP contribution >= 0.6 is 0 Å². The number of carbonyl (C=O) groups excluding carboxylic acids is 1. The number of hydrogen-bond donors (Lipinski definition) is 0. The molecule has 1 unspecified atom stereocenters. The Morgan fingerprint density at radius 3 is 2.89 bits per heavy atom. The molecule has 0 radical (unpaired) electrons. The van der Waals surface area contributed by atoms with E-state index < -0.39 is 0 Å². The molecule has 1 aliphatic heterocycles. The molecule has 0 spiro atoms. The fraction of sp³-hybridized carbons (Fsp3) is 0.400. The third-order valence-electron chi connectivity index (χ3n) is 4.85. The van der Waals surface area contributed by atoms with Gasteiger partial charge in [-0.1, -0.05) is 6.07 Å². The van der Waals surface area contributed by atoms with Gasteiger partial charge in [-0.05, 0) is 30.8 Å². The van der Waals surface area contributed by atoms with E-state index in [1.54, 1.807) is 4.68 Å². The van der Waals surface area contributed by atoms with Gasteiger partial charge >= 0.3 is 0 Å². The number of Topliss-reactive ketones (excluding diaryl/α,β-unsaturated/α-hetero) is 1. The van der Waals surface area contributed by atoms with E-state index in [0.29, 0.717) is 18.7 Å². The molecule has 1 saturated heterocycles. The number of ether oxygens (including phenoxy) is 1. The Balaban J connectivity index is 1.49. The molecule has 3 heterocycles. The van der Waals surface area contributed by atoms with Crippen LogP contribution in [0.25, 0.3) is 22.0 Å². The first-order valence-electron chi connectivity index (χ1n) is 9.14. The monoisotopic (exact) mass is 365 g/mol. The van der Waals surface area contributed by atoms with Crippen molar-refractivity contribution in [2.24, 2.45) is 7.05 Å². The van der Waals surface area contributed by atoms with Crippen LogP contribution in [-0.4, -0.2) is 63.5 Å². The topological polar surface area (TPSA) is 73.1 Å². The Morgan fingerprint density at radius 1 is 1.22 bits per heavy atom. The molecule has 0 N–H and O–H groups in total. The molecule has 0 bridgehead atoms. The Bertz CT molecular complexity index is 968. The lowest BCUT2D eigenvalue weighted by atomic mass is 10.0. The smallest absolute Gasteiger partial charge is 0.141 e. The number of aromatic nitrogens is 4. The van der Waals surface area contributed by atoms with E-state index in [4.69, 9.17) is 4.74 Å². The van der Waals surface area contributed by atoms with Crippen molar-refractivity contribution in [1.82, 2.24) is 24.9 Å². The number of fused-ring (bicyclic) bond motifs is 1. The van der Waals surface area contributed by atoms with Crippen LogP contribution in [0.1, 0.15) is 12.1 Å². The lowest BCUT2D eigenvalue weighted by molar-refractivity contribution is -0.123. The van der Waals surface area contributed by atoms with Gasteiger partial charge in [-0.15, -0.1) is 0 Å². The van der Waals surface area contributed by atoms with Crippen LogP contribution in [0.15, 0.2) is 36.7 Å². The van der Waals surface area contributed by atoms with Gasteiger partial charge in [0.05, 0.1) is 36.5 Å². The molecule has 1 fully saturated rings. The number of likely N-dealkylation sites (N-methyl/N-ethyl adjacent to an activating group) is 1. The van der Waals surface area contributed by atoms with Gasteiger partial charge < -0.3 is 9.64 Å². The molecule has 3 aromatic rings. The lowest BCUT2D eigenvalue weighted by Crippen LogP contribution is -2.41. The predicted octanol–water partition coefficient (Wildman–Crippen LogP) is 1.86. The van der Waals surface area contributed by atoms with E-state index in [9.17, 15) is 4.79 Å². The normalized spacial score (nSPS) is 18.1. The molecular weight excluding hydrogens is 342 g/mol. The zero-order chi connectivity index (χ0) is 18.8. The van der Waals surface area contributed by atoms with Crippen molar-refractivity contribution in [3.63, 3.8) is 0 Å². The molecular formula is C20H23N5O2. The first kappa shape index (κ1) is 17.8. The van der Waals surface area contributed by atoms with Gasteiger partial charge in [-0.25, -0.2) is 0 Å². The second-order valence-electron chi connectivity index (χ2n) is 7.19. The number of rotatable bonds is 5. The summed E-state index contributed by atoms with van der Waals surface area (Å²) in [5, 5.41) is 13.7. The second kappa shape index (κ2) is 7.54. The molecule has 27 heavy (non-hydrogen) atoms. The minimum absolute atomic E-state index is 0.0261. The standard InChI is InChI=1S/C20H23N5O2/c1-24-5-6-27-19(13-24)10-18(26)9-17-8-15-7-14(3-4-20(15)23-22-17)16-11-21-25(2)12-16/h3-4,7-8,11-12,19H,5-6,9-10,13H2,1-2H3. The first-order valence-corrected chi connectivity index (χ1v) is 9.14. The number of nitrogens with zero attached hydrogens (tertiary/aromatic N) is 5. The van der Waals surface area contributed by atoms with Crippen LogP contribution in [0.4, 0.5) is 0 Å². The zero-order valence-electron chi connectivity index (χ0n) is 15.6. The average Bonchev–Trinajstić information content (AvgIpc) is 3.07. The molecule has 7 heteroatoms. The fourth-order valence-corrected chi connectivity index (χ4v) is 3.44. The quantitative estimate of drug-likeness (QED) is 0.687. The number of ketones is 1. The summed E-state index contributed by atoms with van der Waals surface area (Å²) in [6.07, 6.45) is 4.48. The SMILES string of the molecule is CN1CCOC(CC(=O)Cc2cc3cc(-c4cnn(C)c4)ccc3nn2)C1. The highest BCUT2D eigenvalue weighted by molar-refractivity contribution is 5.86. The Kier molecular flexibility index (Phi) is 4.96. The van der Waals surface area contributed by atoms with E-state index in [0.717, 1.165) is 35.1 Å². The van der Waals surface area contributed by atoms with Crippen molar-refractivity contribution < 1.29 is 9.53 Å². The maximum Gasteiger partial charge on any atom is 0.141 e. The largest absolute Gasteiger partial charge is 0.375 e. The molecule has 2 aromatic heterocycles. The molecule has 7 nitrogen and oxygen atoms in total.